The van der Waals surface area contributed by atoms with Crippen LogP contribution in [0.3, 0.4) is 0 Å². The van der Waals surface area contributed by atoms with Gasteiger partial charge in [-0.25, -0.2) is 4.79 Å². The summed E-state index contributed by atoms with van der Waals surface area (Å²) >= 11 is 0. The standard InChI is InChI=1S/C22H39NO4/c1-5-14-19-15-12-10-8-6-7-9-11-13-16-20(24)26-18-17-23(19)21(25)27-22(2,3)4/h7,9,19H,5-6,8,10-18H2,1-4H3/b9-7-. The molecule has 1 amide bonds. The van der Waals surface area contributed by atoms with Crippen molar-refractivity contribution in [3.63, 3.8) is 0 Å². The van der Waals surface area contributed by atoms with E-state index in [1.165, 1.54) is 12.8 Å². The third-order valence-corrected chi connectivity index (χ3v) is 4.61. The van der Waals surface area contributed by atoms with Crippen molar-refractivity contribution in [1.29, 1.82) is 0 Å². The summed E-state index contributed by atoms with van der Waals surface area (Å²) in [5.74, 6) is -0.188. The van der Waals surface area contributed by atoms with Crippen molar-refractivity contribution in [3.8, 4) is 0 Å². The van der Waals surface area contributed by atoms with Gasteiger partial charge in [-0.3, -0.25) is 4.79 Å². The number of hydrogen-bond acceptors (Lipinski definition) is 4. The van der Waals surface area contributed by atoms with E-state index >= 15 is 0 Å². The van der Waals surface area contributed by atoms with Crippen molar-refractivity contribution in [3.05, 3.63) is 12.2 Å². The van der Waals surface area contributed by atoms with Gasteiger partial charge in [0.05, 0.1) is 6.54 Å². The summed E-state index contributed by atoms with van der Waals surface area (Å²) in [6.45, 7) is 8.40. The number of cyclic esters (lactones) is 1. The van der Waals surface area contributed by atoms with Gasteiger partial charge in [0.2, 0.25) is 0 Å². The van der Waals surface area contributed by atoms with E-state index in [2.05, 4.69) is 19.1 Å². The molecule has 0 N–H and O–H groups in total. The third-order valence-electron chi connectivity index (χ3n) is 4.61. The zero-order valence-corrected chi connectivity index (χ0v) is 17.8. The summed E-state index contributed by atoms with van der Waals surface area (Å²) in [7, 11) is 0. The average Bonchev–Trinajstić information content (AvgIpc) is 2.57. The van der Waals surface area contributed by atoms with Crippen LogP contribution in [0.25, 0.3) is 0 Å². The minimum Gasteiger partial charge on any atom is -0.464 e. The Morgan fingerprint density at radius 3 is 2.56 bits per heavy atom. The number of allylic oxidation sites excluding steroid dienone is 2. The van der Waals surface area contributed by atoms with E-state index in [4.69, 9.17) is 9.47 Å². The zero-order valence-electron chi connectivity index (χ0n) is 17.8. The Balaban J connectivity index is 2.82. The van der Waals surface area contributed by atoms with Crippen LogP contribution in [0.2, 0.25) is 0 Å². The van der Waals surface area contributed by atoms with Gasteiger partial charge in [-0.2, -0.15) is 0 Å². The average molecular weight is 382 g/mol. The van der Waals surface area contributed by atoms with Gasteiger partial charge in [0, 0.05) is 12.5 Å². The normalized spacial score (nSPS) is 22.7. The van der Waals surface area contributed by atoms with E-state index in [1.54, 1.807) is 4.90 Å². The summed E-state index contributed by atoms with van der Waals surface area (Å²) < 4.78 is 11.0. The zero-order chi connectivity index (χ0) is 20.1. The Morgan fingerprint density at radius 1 is 1.19 bits per heavy atom. The molecule has 0 radical (unpaired) electrons. The largest absolute Gasteiger partial charge is 0.464 e. The van der Waals surface area contributed by atoms with E-state index < -0.39 is 5.60 Å². The van der Waals surface area contributed by atoms with Gasteiger partial charge >= 0.3 is 12.1 Å². The first-order valence-electron chi connectivity index (χ1n) is 10.6. The number of carbonyl (C=O) groups is 2. The first-order valence-corrected chi connectivity index (χ1v) is 10.6. The molecule has 0 aromatic rings. The molecule has 1 aliphatic rings. The van der Waals surface area contributed by atoms with Crippen LogP contribution in [0.1, 0.15) is 91.9 Å². The number of amides is 1. The molecular weight excluding hydrogens is 342 g/mol. The van der Waals surface area contributed by atoms with Crippen LogP contribution in [0, 0.1) is 0 Å². The summed E-state index contributed by atoms with van der Waals surface area (Å²) in [5.41, 5.74) is -0.536. The topological polar surface area (TPSA) is 55.8 Å². The minimum absolute atomic E-state index is 0.131. The lowest BCUT2D eigenvalue weighted by Crippen LogP contribution is -2.45. The second-order valence-corrected chi connectivity index (χ2v) is 8.34. The molecule has 0 saturated carbocycles. The number of nitrogens with zero attached hydrogens (tertiary/aromatic N) is 1. The fourth-order valence-electron chi connectivity index (χ4n) is 3.28. The Morgan fingerprint density at radius 2 is 1.89 bits per heavy atom. The number of hydrogen-bond donors (Lipinski definition) is 0. The molecule has 0 spiro atoms. The van der Waals surface area contributed by atoms with E-state index in [1.807, 2.05) is 20.8 Å². The third kappa shape index (κ3) is 11.0. The van der Waals surface area contributed by atoms with Gasteiger partial charge in [0.1, 0.15) is 12.2 Å². The number of carbonyl (C=O) groups excluding carboxylic acids is 2. The molecule has 0 aromatic carbocycles. The summed E-state index contributed by atoms with van der Waals surface area (Å²) in [5, 5.41) is 0. The molecule has 0 aromatic heterocycles. The quantitative estimate of drug-likeness (QED) is 0.460. The molecule has 0 fully saturated rings. The second-order valence-electron chi connectivity index (χ2n) is 8.34. The van der Waals surface area contributed by atoms with Crippen molar-refractivity contribution >= 4 is 12.1 Å². The van der Waals surface area contributed by atoms with E-state index in [0.717, 1.165) is 44.9 Å². The molecule has 5 nitrogen and oxygen atoms in total. The van der Waals surface area contributed by atoms with Gasteiger partial charge in [-0.05, 0) is 59.3 Å². The molecule has 27 heavy (non-hydrogen) atoms. The number of rotatable bonds is 2. The highest BCUT2D eigenvalue weighted by Crippen LogP contribution is 2.20. The first-order chi connectivity index (χ1) is 12.8. The Kier molecular flexibility index (Phi) is 11.1. The fourth-order valence-corrected chi connectivity index (χ4v) is 3.28. The smallest absolute Gasteiger partial charge is 0.410 e. The van der Waals surface area contributed by atoms with Crippen LogP contribution >= 0.6 is 0 Å². The van der Waals surface area contributed by atoms with Gasteiger partial charge in [-0.1, -0.05) is 38.3 Å². The molecule has 0 saturated heterocycles. The SMILES string of the molecule is CCCC1CCCCC/C=C\CCCC(=O)OCCN1C(=O)OC(C)(C)C. The van der Waals surface area contributed by atoms with E-state index in [9.17, 15) is 9.59 Å². The number of esters is 1. The highest BCUT2D eigenvalue weighted by molar-refractivity contribution is 5.70. The van der Waals surface area contributed by atoms with Crippen LogP contribution in [0.5, 0.6) is 0 Å². The van der Waals surface area contributed by atoms with Crippen LogP contribution < -0.4 is 0 Å². The van der Waals surface area contributed by atoms with Crippen LogP contribution in [-0.4, -0.2) is 41.8 Å². The molecule has 5 heteroatoms. The predicted octanol–water partition coefficient (Wildman–Crippen LogP) is 5.63. The van der Waals surface area contributed by atoms with Crippen molar-refractivity contribution in [1.82, 2.24) is 4.90 Å². The summed E-state index contributed by atoms with van der Waals surface area (Å²) in [6, 6.07) is 0.131. The van der Waals surface area contributed by atoms with Crippen molar-refractivity contribution < 1.29 is 19.1 Å². The molecule has 0 aliphatic carbocycles. The molecule has 1 atom stereocenters. The maximum atomic E-state index is 12.8. The summed E-state index contributed by atoms with van der Waals surface area (Å²) in [4.78, 5) is 26.5. The Hall–Kier alpha value is -1.52. The molecule has 156 valence electrons. The van der Waals surface area contributed by atoms with Crippen molar-refractivity contribution in [2.45, 2.75) is 104 Å². The lowest BCUT2D eigenvalue weighted by molar-refractivity contribution is -0.144. The molecule has 1 rings (SSSR count). The van der Waals surface area contributed by atoms with Gasteiger partial charge in [-0.15, -0.1) is 0 Å². The molecular formula is C22H39NO4. The minimum atomic E-state index is -0.536. The van der Waals surface area contributed by atoms with Gasteiger partial charge in [0.15, 0.2) is 0 Å². The van der Waals surface area contributed by atoms with Crippen LogP contribution in [0.15, 0.2) is 12.2 Å². The van der Waals surface area contributed by atoms with Crippen LogP contribution in [-0.2, 0) is 14.3 Å². The first kappa shape index (κ1) is 23.5. The molecule has 1 aliphatic heterocycles. The lowest BCUT2D eigenvalue weighted by atomic mass is 10.0. The Bertz CT molecular complexity index is 467. The highest BCUT2D eigenvalue weighted by Gasteiger charge is 2.28. The van der Waals surface area contributed by atoms with Crippen LogP contribution in [0.4, 0.5) is 4.79 Å². The highest BCUT2D eigenvalue weighted by atomic mass is 16.6. The van der Waals surface area contributed by atoms with Crippen molar-refractivity contribution in [2.24, 2.45) is 0 Å². The number of ether oxygens (including phenoxy) is 2. The molecule has 1 heterocycles. The maximum Gasteiger partial charge on any atom is 0.410 e. The van der Waals surface area contributed by atoms with Gasteiger partial charge < -0.3 is 14.4 Å². The van der Waals surface area contributed by atoms with Gasteiger partial charge in [0.25, 0.3) is 0 Å². The maximum absolute atomic E-state index is 12.8. The summed E-state index contributed by atoms with van der Waals surface area (Å²) in [6.07, 6.45) is 13.7. The Labute approximate surface area is 165 Å². The molecule has 1 unspecified atom stereocenters. The van der Waals surface area contributed by atoms with E-state index in [-0.39, 0.29) is 24.7 Å². The van der Waals surface area contributed by atoms with Crippen molar-refractivity contribution in [2.75, 3.05) is 13.2 Å². The fraction of sp³-hybridized carbons (Fsp3) is 0.818. The lowest BCUT2D eigenvalue weighted by Gasteiger charge is -2.33. The second kappa shape index (κ2) is 12.8. The predicted molar refractivity (Wildman–Crippen MR) is 109 cm³/mol. The monoisotopic (exact) mass is 381 g/mol. The van der Waals surface area contributed by atoms with E-state index in [0.29, 0.717) is 13.0 Å². The molecule has 0 bridgehead atoms.